The van der Waals surface area contributed by atoms with E-state index in [4.69, 9.17) is 4.74 Å². The average Bonchev–Trinajstić information content (AvgIpc) is 3.19. The second kappa shape index (κ2) is 9.44. The summed E-state index contributed by atoms with van der Waals surface area (Å²) in [5, 5.41) is 2.08. The molecule has 5 nitrogen and oxygen atoms in total. The summed E-state index contributed by atoms with van der Waals surface area (Å²) in [5.74, 6) is 0.761. The van der Waals surface area contributed by atoms with E-state index in [9.17, 15) is 9.59 Å². The standard InChI is InChI=1S/C23H30N2O3S/c1-5-17(3)25(18(4)26)14-23(27)24-12-10-22-19(11-13-29-22)20(24)15-28-21-9-7-6-8-16(21)2/h6-9,11,13,17,20H,5,10,12,14-15H2,1-4H3/t17-,20-/m0/s1. The quantitative estimate of drug-likeness (QED) is 0.682. The van der Waals surface area contributed by atoms with Gasteiger partial charge in [0.05, 0.1) is 12.6 Å². The van der Waals surface area contributed by atoms with Crippen molar-refractivity contribution in [3.8, 4) is 5.75 Å². The number of fused-ring (bicyclic) bond motifs is 1. The zero-order valence-electron chi connectivity index (χ0n) is 17.7. The SMILES string of the molecule is CC[C@H](C)N(CC(=O)N1CCc2sccc2[C@@H]1COc1ccccc1C)C(C)=O. The number of ether oxygens (including phenoxy) is 1. The molecule has 1 aromatic carbocycles. The van der Waals surface area contributed by atoms with Crippen LogP contribution in [-0.4, -0.2) is 47.4 Å². The lowest BCUT2D eigenvalue weighted by Crippen LogP contribution is -2.49. The number of thiophene rings is 1. The van der Waals surface area contributed by atoms with Crippen molar-refractivity contribution in [1.82, 2.24) is 9.80 Å². The molecule has 0 radical (unpaired) electrons. The van der Waals surface area contributed by atoms with E-state index in [1.165, 1.54) is 17.4 Å². The second-order valence-corrected chi connectivity index (χ2v) is 8.63. The smallest absolute Gasteiger partial charge is 0.242 e. The zero-order chi connectivity index (χ0) is 21.0. The number of para-hydroxylation sites is 1. The van der Waals surface area contributed by atoms with Crippen molar-refractivity contribution in [1.29, 1.82) is 0 Å². The Morgan fingerprint density at radius 2 is 2.07 bits per heavy atom. The number of aryl methyl sites for hydroxylation is 1. The largest absolute Gasteiger partial charge is 0.491 e. The summed E-state index contributed by atoms with van der Waals surface area (Å²) in [6.07, 6.45) is 1.67. The Labute approximate surface area is 177 Å². The predicted octanol–water partition coefficient (Wildman–Crippen LogP) is 4.21. The molecule has 2 heterocycles. The van der Waals surface area contributed by atoms with Gasteiger partial charge in [-0.3, -0.25) is 9.59 Å². The van der Waals surface area contributed by atoms with E-state index >= 15 is 0 Å². The second-order valence-electron chi connectivity index (χ2n) is 7.63. The molecule has 1 aliphatic rings. The molecule has 6 heteroatoms. The highest BCUT2D eigenvalue weighted by molar-refractivity contribution is 7.10. The molecule has 0 bridgehead atoms. The monoisotopic (exact) mass is 414 g/mol. The van der Waals surface area contributed by atoms with Crippen LogP contribution in [0.4, 0.5) is 0 Å². The molecule has 2 aromatic rings. The molecular formula is C23H30N2O3S. The highest BCUT2D eigenvalue weighted by atomic mass is 32.1. The highest BCUT2D eigenvalue weighted by Crippen LogP contribution is 2.34. The summed E-state index contributed by atoms with van der Waals surface area (Å²) in [4.78, 5) is 30.2. The van der Waals surface area contributed by atoms with Gasteiger partial charge in [0.2, 0.25) is 11.8 Å². The van der Waals surface area contributed by atoms with E-state index in [-0.39, 0.29) is 30.4 Å². The molecule has 1 aromatic heterocycles. The van der Waals surface area contributed by atoms with E-state index in [0.29, 0.717) is 13.2 Å². The number of carbonyl (C=O) groups excluding carboxylic acids is 2. The minimum Gasteiger partial charge on any atom is -0.491 e. The summed E-state index contributed by atoms with van der Waals surface area (Å²) >= 11 is 1.74. The van der Waals surface area contributed by atoms with Gasteiger partial charge in [0, 0.05) is 24.4 Å². The van der Waals surface area contributed by atoms with Gasteiger partial charge in [-0.1, -0.05) is 25.1 Å². The number of hydrogen-bond acceptors (Lipinski definition) is 4. The van der Waals surface area contributed by atoms with Crippen LogP contribution in [0.1, 0.15) is 49.2 Å². The number of hydrogen-bond donors (Lipinski definition) is 0. The van der Waals surface area contributed by atoms with Gasteiger partial charge in [-0.05, 0) is 55.3 Å². The molecule has 0 spiro atoms. The van der Waals surface area contributed by atoms with Crippen LogP contribution < -0.4 is 4.74 Å². The third kappa shape index (κ3) is 4.81. The van der Waals surface area contributed by atoms with Crippen molar-refractivity contribution in [2.24, 2.45) is 0 Å². The molecule has 2 atom stereocenters. The van der Waals surface area contributed by atoms with E-state index in [0.717, 1.165) is 24.2 Å². The predicted molar refractivity (Wildman–Crippen MR) is 116 cm³/mol. The molecule has 156 valence electrons. The molecule has 0 N–H and O–H groups in total. The topological polar surface area (TPSA) is 49.9 Å². The number of amides is 2. The maximum absolute atomic E-state index is 13.2. The summed E-state index contributed by atoms with van der Waals surface area (Å²) in [6, 6.07) is 9.93. The fourth-order valence-electron chi connectivity index (χ4n) is 3.80. The van der Waals surface area contributed by atoms with Crippen molar-refractivity contribution in [2.75, 3.05) is 19.7 Å². The summed E-state index contributed by atoms with van der Waals surface area (Å²) in [5.41, 5.74) is 2.24. The van der Waals surface area contributed by atoms with E-state index < -0.39 is 0 Å². The summed E-state index contributed by atoms with van der Waals surface area (Å²) in [6.45, 7) is 8.75. The maximum Gasteiger partial charge on any atom is 0.242 e. The molecule has 0 aliphatic carbocycles. The van der Waals surface area contributed by atoms with Gasteiger partial charge >= 0.3 is 0 Å². The van der Waals surface area contributed by atoms with Gasteiger partial charge in [-0.15, -0.1) is 11.3 Å². The van der Waals surface area contributed by atoms with Gasteiger partial charge in [0.25, 0.3) is 0 Å². The van der Waals surface area contributed by atoms with Crippen molar-refractivity contribution >= 4 is 23.2 Å². The van der Waals surface area contributed by atoms with Crippen molar-refractivity contribution < 1.29 is 14.3 Å². The van der Waals surface area contributed by atoms with Gasteiger partial charge in [-0.2, -0.15) is 0 Å². The number of rotatable bonds is 7. The van der Waals surface area contributed by atoms with Crippen LogP contribution in [0.25, 0.3) is 0 Å². The minimum absolute atomic E-state index is 0.0178. The molecule has 0 unspecified atom stereocenters. The molecule has 1 aliphatic heterocycles. The van der Waals surface area contributed by atoms with Gasteiger partial charge in [0.15, 0.2) is 0 Å². The molecular weight excluding hydrogens is 384 g/mol. The van der Waals surface area contributed by atoms with E-state index in [1.54, 1.807) is 16.2 Å². The number of carbonyl (C=O) groups is 2. The molecule has 0 saturated heterocycles. The van der Waals surface area contributed by atoms with Crippen molar-refractivity contribution in [3.63, 3.8) is 0 Å². The average molecular weight is 415 g/mol. The Morgan fingerprint density at radius 3 is 2.76 bits per heavy atom. The first-order valence-corrected chi connectivity index (χ1v) is 11.1. The van der Waals surface area contributed by atoms with Crippen LogP contribution in [0.2, 0.25) is 0 Å². The van der Waals surface area contributed by atoms with Crippen molar-refractivity contribution in [2.45, 2.75) is 52.6 Å². The van der Waals surface area contributed by atoms with Crippen LogP contribution >= 0.6 is 11.3 Å². The van der Waals surface area contributed by atoms with Gasteiger partial charge in [0.1, 0.15) is 12.4 Å². The van der Waals surface area contributed by atoms with Gasteiger partial charge in [-0.25, -0.2) is 0 Å². The Bertz CT molecular complexity index is 863. The lowest BCUT2D eigenvalue weighted by molar-refractivity contribution is -0.143. The first-order chi connectivity index (χ1) is 13.9. The van der Waals surface area contributed by atoms with Crippen LogP contribution in [0, 0.1) is 6.92 Å². The molecule has 3 rings (SSSR count). The molecule has 2 amide bonds. The maximum atomic E-state index is 13.2. The van der Waals surface area contributed by atoms with E-state index in [2.05, 4.69) is 11.4 Å². The third-order valence-electron chi connectivity index (χ3n) is 5.74. The lowest BCUT2D eigenvalue weighted by Gasteiger charge is -2.38. The van der Waals surface area contributed by atoms with Gasteiger partial charge < -0.3 is 14.5 Å². The highest BCUT2D eigenvalue weighted by Gasteiger charge is 2.33. The Hall–Kier alpha value is -2.34. The van der Waals surface area contributed by atoms with Crippen LogP contribution in [0.3, 0.4) is 0 Å². The first kappa shape index (κ1) is 21.4. The van der Waals surface area contributed by atoms with E-state index in [1.807, 2.05) is 49.9 Å². The summed E-state index contributed by atoms with van der Waals surface area (Å²) < 4.78 is 6.13. The van der Waals surface area contributed by atoms with Crippen LogP contribution in [0.15, 0.2) is 35.7 Å². The van der Waals surface area contributed by atoms with Crippen LogP contribution in [-0.2, 0) is 16.0 Å². The number of benzene rings is 1. The first-order valence-electron chi connectivity index (χ1n) is 10.2. The number of nitrogens with zero attached hydrogens (tertiary/aromatic N) is 2. The Balaban J connectivity index is 1.79. The minimum atomic E-state index is -0.136. The normalized spacial score (nSPS) is 16.8. The zero-order valence-corrected chi connectivity index (χ0v) is 18.5. The fraction of sp³-hybridized carbons (Fsp3) is 0.478. The van der Waals surface area contributed by atoms with Crippen LogP contribution in [0.5, 0.6) is 5.75 Å². The Kier molecular flexibility index (Phi) is 6.96. The fourth-order valence-corrected chi connectivity index (χ4v) is 4.72. The molecule has 29 heavy (non-hydrogen) atoms. The molecule has 0 saturated carbocycles. The van der Waals surface area contributed by atoms with Crippen molar-refractivity contribution in [3.05, 3.63) is 51.7 Å². The summed E-state index contributed by atoms with van der Waals surface area (Å²) in [7, 11) is 0. The lowest BCUT2D eigenvalue weighted by atomic mass is 10.00. The molecule has 0 fully saturated rings. The Morgan fingerprint density at radius 1 is 1.31 bits per heavy atom. The third-order valence-corrected chi connectivity index (χ3v) is 6.73.